The average molecular weight is 369 g/mol. The van der Waals surface area contributed by atoms with Gasteiger partial charge in [-0.1, -0.05) is 13.8 Å². The molecule has 2 N–H and O–H groups in total. The van der Waals surface area contributed by atoms with Gasteiger partial charge in [0.25, 0.3) is 0 Å². The first-order valence-electron chi connectivity index (χ1n) is 7.71. The van der Waals surface area contributed by atoms with Crippen LogP contribution in [0.2, 0.25) is 0 Å². The smallest absolute Gasteiger partial charge is 0.416 e. The van der Waals surface area contributed by atoms with E-state index in [4.69, 9.17) is 5.11 Å². The Balaban J connectivity index is 2.31. The number of anilines is 1. The standard InChI is InChI=1S/C17H18F3N3O3/c1-16(2,10-15(25)26)9-14(24)22-12-8-11(17(18,19)20)4-5-13(12)23-7-3-6-21-23/h3-8H,9-10H2,1-2H3,(H,22,24)(H,25,26). The number of carbonyl (C=O) groups is 2. The van der Waals surface area contributed by atoms with Gasteiger partial charge in [0.2, 0.25) is 5.91 Å². The SMILES string of the molecule is CC(C)(CC(=O)O)CC(=O)Nc1cc(C(F)(F)F)ccc1-n1cccn1. The van der Waals surface area contributed by atoms with Gasteiger partial charge in [-0.3, -0.25) is 9.59 Å². The highest BCUT2D eigenvalue weighted by atomic mass is 19.4. The number of halogens is 3. The number of aliphatic carboxylic acids is 1. The molecular weight excluding hydrogens is 351 g/mol. The molecule has 1 amide bonds. The molecule has 0 aliphatic carbocycles. The van der Waals surface area contributed by atoms with Gasteiger partial charge < -0.3 is 10.4 Å². The summed E-state index contributed by atoms with van der Waals surface area (Å²) in [4.78, 5) is 23.1. The zero-order chi connectivity index (χ0) is 19.5. The molecule has 1 heterocycles. The van der Waals surface area contributed by atoms with Gasteiger partial charge in [0.15, 0.2) is 0 Å². The summed E-state index contributed by atoms with van der Waals surface area (Å²) in [5.41, 5.74) is -1.54. The van der Waals surface area contributed by atoms with Crippen LogP contribution in [0, 0.1) is 5.41 Å². The van der Waals surface area contributed by atoms with Crippen molar-refractivity contribution in [3.8, 4) is 5.69 Å². The fourth-order valence-electron chi connectivity index (χ4n) is 2.52. The van der Waals surface area contributed by atoms with Crippen LogP contribution in [0.4, 0.5) is 18.9 Å². The summed E-state index contributed by atoms with van der Waals surface area (Å²) in [6.45, 7) is 3.20. The fourth-order valence-corrected chi connectivity index (χ4v) is 2.52. The number of carbonyl (C=O) groups excluding carboxylic acids is 1. The van der Waals surface area contributed by atoms with Crippen LogP contribution < -0.4 is 5.32 Å². The molecule has 0 saturated heterocycles. The Morgan fingerprint density at radius 3 is 2.46 bits per heavy atom. The van der Waals surface area contributed by atoms with E-state index in [0.29, 0.717) is 0 Å². The topological polar surface area (TPSA) is 84.2 Å². The lowest BCUT2D eigenvalue weighted by Crippen LogP contribution is -2.25. The van der Waals surface area contributed by atoms with Gasteiger partial charge in [-0.2, -0.15) is 18.3 Å². The zero-order valence-corrected chi connectivity index (χ0v) is 14.2. The molecule has 0 spiro atoms. The number of hydrogen-bond acceptors (Lipinski definition) is 3. The summed E-state index contributed by atoms with van der Waals surface area (Å²) >= 11 is 0. The van der Waals surface area contributed by atoms with E-state index in [2.05, 4.69) is 10.4 Å². The molecule has 0 unspecified atom stereocenters. The number of hydrogen-bond donors (Lipinski definition) is 2. The number of amides is 1. The second-order valence-corrected chi connectivity index (χ2v) is 6.64. The van der Waals surface area contributed by atoms with E-state index in [1.165, 1.54) is 23.1 Å². The molecule has 0 fully saturated rings. The minimum Gasteiger partial charge on any atom is -0.481 e. The number of carboxylic acids is 1. The molecule has 1 aromatic heterocycles. The number of rotatable bonds is 6. The number of alkyl halides is 3. The first-order valence-corrected chi connectivity index (χ1v) is 7.71. The van der Waals surface area contributed by atoms with E-state index in [1.807, 2.05) is 0 Å². The third-order valence-corrected chi connectivity index (χ3v) is 3.62. The van der Waals surface area contributed by atoms with Crippen molar-refractivity contribution in [2.24, 2.45) is 5.41 Å². The van der Waals surface area contributed by atoms with Gasteiger partial charge in [0.05, 0.1) is 23.4 Å². The first-order chi connectivity index (χ1) is 12.0. The first kappa shape index (κ1) is 19.5. The van der Waals surface area contributed by atoms with Crippen molar-refractivity contribution in [3.05, 3.63) is 42.2 Å². The van der Waals surface area contributed by atoms with Gasteiger partial charge in [-0.15, -0.1) is 0 Å². The van der Waals surface area contributed by atoms with Crippen molar-refractivity contribution >= 4 is 17.6 Å². The molecule has 0 aliphatic heterocycles. The Kier molecular flexibility index (Phi) is 5.38. The molecule has 26 heavy (non-hydrogen) atoms. The lowest BCUT2D eigenvalue weighted by molar-refractivity contribution is -0.140. The van der Waals surface area contributed by atoms with Crippen LogP contribution in [-0.4, -0.2) is 26.8 Å². The summed E-state index contributed by atoms with van der Waals surface area (Å²) in [6.07, 6.45) is -1.97. The highest BCUT2D eigenvalue weighted by molar-refractivity contribution is 5.93. The molecule has 9 heteroatoms. The molecule has 0 atom stereocenters. The van der Waals surface area contributed by atoms with Crippen LogP contribution in [0.5, 0.6) is 0 Å². The van der Waals surface area contributed by atoms with Crippen molar-refractivity contribution in [1.29, 1.82) is 0 Å². The van der Waals surface area contributed by atoms with E-state index in [9.17, 15) is 22.8 Å². The van der Waals surface area contributed by atoms with Crippen molar-refractivity contribution in [2.45, 2.75) is 32.9 Å². The Hall–Kier alpha value is -2.84. The van der Waals surface area contributed by atoms with Gasteiger partial charge in [-0.25, -0.2) is 4.68 Å². The normalized spacial score (nSPS) is 12.0. The molecule has 1 aromatic carbocycles. The maximum absolute atomic E-state index is 13.0. The Morgan fingerprint density at radius 2 is 1.92 bits per heavy atom. The highest BCUT2D eigenvalue weighted by Gasteiger charge is 2.32. The summed E-state index contributed by atoms with van der Waals surface area (Å²) in [6, 6.07) is 4.55. The van der Waals surface area contributed by atoms with Crippen molar-refractivity contribution in [2.75, 3.05) is 5.32 Å². The van der Waals surface area contributed by atoms with E-state index >= 15 is 0 Å². The second kappa shape index (κ2) is 7.19. The number of nitrogens with zero attached hydrogens (tertiary/aromatic N) is 2. The van der Waals surface area contributed by atoms with Crippen LogP contribution in [0.3, 0.4) is 0 Å². The maximum Gasteiger partial charge on any atom is 0.416 e. The summed E-state index contributed by atoms with van der Waals surface area (Å²) in [7, 11) is 0. The Labute approximate surface area is 147 Å². The second-order valence-electron chi connectivity index (χ2n) is 6.64. The fraction of sp³-hybridized carbons (Fsp3) is 0.353. The number of nitrogens with one attached hydrogen (secondary N) is 1. The molecule has 140 valence electrons. The van der Waals surface area contributed by atoms with E-state index in [-0.39, 0.29) is 24.2 Å². The predicted octanol–water partition coefficient (Wildman–Crippen LogP) is 3.72. The third kappa shape index (κ3) is 5.08. The highest BCUT2D eigenvalue weighted by Crippen LogP contribution is 2.34. The molecule has 0 aliphatic rings. The molecule has 6 nitrogen and oxygen atoms in total. The van der Waals surface area contributed by atoms with E-state index < -0.39 is 29.0 Å². The van der Waals surface area contributed by atoms with E-state index in [1.54, 1.807) is 19.9 Å². The lowest BCUT2D eigenvalue weighted by Gasteiger charge is -2.22. The molecular formula is C17H18F3N3O3. The minimum absolute atomic E-state index is 0.0559. The summed E-state index contributed by atoms with van der Waals surface area (Å²) in [5.74, 6) is -1.64. The van der Waals surface area contributed by atoms with Crippen LogP contribution in [0.15, 0.2) is 36.7 Å². The zero-order valence-electron chi connectivity index (χ0n) is 14.2. The van der Waals surface area contributed by atoms with Gasteiger partial charge in [-0.05, 0) is 29.7 Å². The maximum atomic E-state index is 13.0. The number of aromatic nitrogens is 2. The molecule has 2 rings (SSSR count). The Bertz CT molecular complexity index is 799. The largest absolute Gasteiger partial charge is 0.481 e. The molecule has 0 radical (unpaired) electrons. The summed E-state index contributed by atoms with van der Waals surface area (Å²) in [5, 5.41) is 15.3. The monoisotopic (exact) mass is 369 g/mol. The van der Waals surface area contributed by atoms with Gasteiger partial charge >= 0.3 is 12.1 Å². The van der Waals surface area contributed by atoms with Crippen LogP contribution in [-0.2, 0) is 15.8 Å². The quantitative estimate of drug-likeness (QED) is 0.813. The molecule has 0 saturated carbocycles. The summed E-state index contributed by atoms with van der Waals surface area (Å²) < 4.78 is 40.3. The van der Waals surface area contributed by atoms with Gasteiger partial charge in [0.1, 0.15) is 0 Å². The third-order valence-electron chi connectivity index (χ3n) is 3.62. The van der Waals surface area contributed by atoms with Crippen molar-refractivity contribution in [1.82, 2.24) is 9.78 Å². The van der Waals surface area contributed by atoms with Crippen LogP contribution >= 0.6 is 0 Å². The minimum atomic E-state index is -4.56. The molecule has 2 aromatic rings. The predicted molar refractivity (Wildman–Crippen MR) is 87.8 cm³/mol. The van der Waals surface area contributed by atoms with Crippen LogP contribution in [0.1, 0.15) is 32.3 Å². The van der Waals surface area contributed by atoms with Crippen LogP contribution in [0.25, 0.3) is 5.69 Å². The van der Waals surface area contributed by atoms with Crippen molar-refractivity contribution < 1.29 is 27.9 Å². The lowest BCUT2D eigenvalue weighted by atomic mass is 9.85. The number of carboxylic acid groups (broad SMARTS) is 1. The van der Waals surface area contributed by atoms with Gasteiger partial charge in [0, 0.05) is 18.8 Å². The average Bonchev–Trinajstić information content (AvgIpc) is 2.97. The van der Waals surface area contributed by atoms with Crippen molar-refractivity contribution in [3.63, 3.8) is 0 Å². The number of benzene rings is 1. The molecule has 0 bridgehead atoms. The van der Waals surface area contributed by atoms with E-state index in [0.717, 1.165) is 12.1 Å². The Morgan fingerprint density at radius 1 is 1.23 bits per heavy atom.